The molecule has 0 spiro atoms. The fourth-order valence-corrected chi connectivity index (χ4v) is 2.88. The Bertz CT molecular complexity index is 535. The number of hydrogen-bond donors (Lipinski definition) is 2. The van der Waals surface area contributed by atoms with Gasteiger partial charge in [0.1, 0.15) is 5.82 Å². The van der Waals surface area contributed by atoms with Crippen molar-refractivity contribution in [3.63, 3.8) is 0 Å². The molecule has 2 heterocycles. The third kappa shape index (κ3) is 5.06. The molecule has 0 amide bonds. The summed E-state index contributed by atoms with van der Waals surface area (Å²) < 4.78 is 2.06. The van der Waals surface area contributed by atoms with E-state index in [2.05, 4.69) is 44.2 Å². The van der Waals surface area contributed by atoms with Crippen molar-refractivity contribution >= 4 is 29.9 Å². The molecule has 2 aliphatic rings. The molecule has 1 atom stereocenters. The standard InChI is InChI=1S/C16H28N6.HI/c1-11(2)15-20-14-7-6-13(10-22(14)21-15)19-16(17-3)18-9-8-12-4-5-12;/h11-13H,4-10H2,1-3H3,(H2,17,18,19);1H. The number of aliphatic imine (C=N–C) groups is 1. The molecule has 130 valence electrons. The van der Waals surface area contributed by atoms with Crippen LogP contribution in [-0.2, 0) is 13.0 Å². The van der Waals surface area contributed by atoms with Crippen molar-refractivity contribution in [2.24, 2.45) is 10.9 Å². The first-order valence-corrected chi connectivity index (χ1v) is 8.56. The topological polar surface area (TPSA) is 67.1 Å². The third-order valence-corrected chi connectivity index (χ3v) is 4.50. The largest absolute Gasteiger partial charge is 0.356 e. The van der Waals surface area contributed by atoms with E-state index in [1.165, 1.54) is 19.3 Å². The van der Waals surface area contributed by atoms with Crippen LogP contribution in [0.1, 0.15) is 57.1 Å². The van der Waals surface area contributed by atoms with E-state index in [0.29, 0.717) is 12.0 Å². The second kappa shape index (κ2) is 8.30. The molecule has 7 heteroatoms. The van der Waals surface area contributed by atoms with Gasteiger partial charge in [-0.05, 0) is 18.8 Å². The summed E-state index contributed by atoms with van der Waals surface area (Å²) in [6.07, 6.45) is 6.14. The molecule has 1 unspecified atom stereocenters. The van der Waals surface area contributed by atoms with Gasteiger partial charge < -0.3 is 10.6 Å². The third-order valence-electron chi connectivity index (χ3n) is 4.50. The minimum Gasteiger partial charge on any atom is -0.356 e. The first-order valence-electron chi connectivity index (χ1n) is 8.56. The SMILES string of the molecule is CN=C(NCCC1CC1)NC1CCc2nc(C(C)C)nn2C1.I. The van der Waals surface area contributed by atoms with E-state index in [-0.39, 0.29) is 24.0 Å². The van der Waals surface area contributed by atoms with Gasteiger partial charge in [-0.2, -0.15) is 5.10 Å². The van der Waals surface area contributed by atoms with E-state index < -0.39 is 0 Å². The van der Waals surface area contributed by atoms with Gasteiger partial charge in [0.05, 0.1) is 6.54 Å². The Morgan fingerprint density at radius 2 is 2.13 bits per heavy atom. The van der Waals surface area contributed by atoms with Crippen LogP contribution in [0.15, 0.2) is 4.99 Å². The van der Waals surface area contributed by atoms with Gasteiger partial charge in [0, 0.05) is 32.0 Å². The van der Waals surface area contributed by atoms with Crippen molar-refractivity contribution in [3.05, 3.63) is 11.6 Å². The van der Waals surface area contributed by atoms with Crippen molar-refractivity contribution in [2.45, 2.75) is 64.5 Å². The molecule has 1 fully saturated rings. The highest BCUT2D eigenvalue weighted by Crippen LogP contribution is 2.31. The Hall–Kier alpha value is -0.860. The average molecular weight is 432 g/mol. The molecule has 0 radical (unpaired) electrons. The molecule has 0 aromatic carbocycles. The lowest BCUT2D eigenvalue weighted by Gasteiger charge is -2.25. The average Bonchev–Trinajstić information content (AvgIpc) is 3.22. The molecule has 23 heavy (non-hydrogen) atoms. The smallest absolute Gasteiger partial charge is 0.191 e. The zero-order valence-electron chi connectivity index (χ0n) is 14.4. The van der Waals surface area contributed by atoms with Crippen LogP contribution in [0.25, 0.3) is 0 Å². The molecule has 1 aliphatic carbocycles. The second-order valence-electron chi connectivity index (χ2n) is 6.83. The second-order valence-corrected chi connectivity index (χ2v) is 6.83. The Kier molecular flexibility index (Phi) is 6.67. The number of guanidine groups is 1. The minimum atomic E-state index is 0. The first kappa shape index (κ1) is 18.5. The monoisotopic (exact) mass is 432 g/mol. The molecule has 2 N–H and O–H groups in total. The van der Waals surface area contributed by atoms with Crippen molar-refractivity contribution < 1.29 is 0 Å². The summed E-state index contributed by atoms with van der Waals surface area (Å²) >= 11 is 0. The van der Waals surface area contributed by atoms with Gasteiger partial charge in [-0.1, -0.05) is 26.7 Å². The van der Waals surface area contributed by atoms with Crippen LogP contribution in [0.3, 0.4) is 0 Å². The van der Waals surface area contributed by atoms with E-state index in [9.17, 15) is 0 Å². The zero-order valence-corrected chi connectivity index (χ0v) is 16.7. The fraction of sp³-hybridized carbons (Fsp3) is 0.812. The number of fused-ring (bicyclic) bond motifs is 1. The van der Waals surface area contributed by atoms with Gasteiger partial charge in [-0.3, -0.25) is 4.99 Å². The Morgan fingerprint density at radius 1 is 1.35 bits per heavy atom. The van der Waals surface area contributed by atoms with E-state index in [0.717, 1.165) is 49.5 Å². The van der Waals surface area contributed by atoms with Crippen LogP contribution in [0, 0.1) is 5.92 Å². The summed E-state index contributed by atoms with van der Waals surface area (Å²) in [5, 5.41) is 11.6. The van der Waals surface area contributed by atoms with Crippen molar-refractivity contribution in [1.29, 1.82) is 0 Å². The Balaban J connectivity index is 0.00000192. The highest BCUT2D eigenvalue weighted by atomic mass is 127. The van der Waals surface area contributed by atoms with Crippen molar-refractivity contribution in [2.75, 3.05) is 13.6 Å². The fourth-order valence-electron chi connectivity index (χ4n) is 2.88. The maximum absolute atomic E-state index is 4.64. The van der Waals surface area contributed by atoms with Crippen LogP contribution >= 0.6 is 24.0 Å². The normalized spacial score (nSPS) is 20.9. The minimum absolute atomic E-state index is 0. The lowest BCUT2D eigenvalue weighted by molar-refractivity contribution is 0.391. The molecular formula is C16H29IN6. The number of rotatable bonds is 5. The summed E-state index contributed by atoms with van der Waals surface area (Å²) in [6.45, 7) is 6.17. The van der Waals surface area contributed by atoms with Crippen molar-refractivity contribution in [1.82, 2.24) is 25.4 Å². The van der Waals surface area contributed by atoms with Crippen LogP contribution in [0.5, 0.6) is 0 Å². The lowest BCUT2D eigenvalue weighted by Crippen LogP contribution is -2.47. The van der Waals surface area contributed by atoms with Gasteiger partial charge >= 0.3 is 0 Å². The lowest BCUT2D eigenvalue weighted by atomic mass is 10.1. The van der Waals surface area contributed by atoms with E-state index in [1.807, 2.05) is 7.05 Å². The van der Waals surface area contributed by atoms with Gasteiger partial charge in [-0.25, -0.2) is 9.67 Å². The highest BCUT2D eigenvalue weighted by molar-refractivity contribution is 14.0. The quantitative estimate of drug-likeness (QED) is 0.426. The zero-order chi connectivity index (χ0) is 15.5. The van der Waals surface area contributed by atoms with Crippen LogP contribution < -0.4 is 10.6 Å². The van der Waals surface area contributed by atoms with E-state index in [4.69, 9.17) is 0 Å². The molecular weight excluding hydrogens is 403 g/mol. The molecule has 3 rings (SSSR count). The van der Waals surface area contributed by atoms with E-state index in [1.54, 1.807) is 0 Å². The van der Waals surface area contributed by atoms with Crippen molar-refractivity contribution in [3.8, 4) is 0 Å². The van der Waals surface area contributed by atoms with E-state index >= 15 is 0 Å². The maximum Gasteiger partial charge on any atom is 0.191 e. The number of aromatic nitrogens is 3. The molecule has 1 aromatic rings. The van der Waals surface area contributed by atoms with Gasteiger partial charge in [0.15, 0.2) is 11.8 Å². The summed E-state index contributed by atoms with van der Waals surface area (Å²) in [7, 11) is 1.84. The molecule has 1 aliphatic heterocycles. The molecule has 0 saturated heterocycles. The van der Waals surface area contributed by atoms with Crippen LogP contribution in [0.2, 0.25) is 0 Å². The molecule has 6 nitrogen and oxygen atoms in total. The van der Waals surface area contributed by atoms with Crippen LogP contribution in [-0.4, -0.2) is 40.4 Å². The highest BCUT2D eigenvalue weighted by Gasteiger charge is 2.23. The maximum atomic E-state index is 4.64. The number of halogens is 1. The first-order chi connectivity index (χ1) is 10.7. The number of hydrogen-bond acceptors (Lipinski definition) is 3. The summed E-state index contributed by atoms with van der Waals surface area (Å²) in [5.41, 5.74) is 0. The molecule has 1 saturated carbocycles. The summed E-state index contributed by atoms with van der Waals surface area (Å²) in [5.74, 6) is 4.34. The predicted octanol–water partition coefficient (Wildman–Crippen LogP) is 2.30. The summed E-state index contributed by atoms with van der Waals surface area (Å²) in [4.78, 5) is 8.98. The van der Waals surface area contributed by atoms with Gasteiger partial charge in [0.2, 0.25) is 0 Å². The predicted molar refractivity (Wildman–Crippen MR) is 103 cm³/mol. The summed E-state index contributed by atoms with van der Waals surface area (Å²) in [6, 6.07) is 0.376. The Morgan fingerprint density at radius 3 is 2.78 bits per heavy atom. The number of aryl methyl sites for hydroxylation is 1. The van der Waals surface area contributed by atoms with Crippen LogP contribution in [0.4, 0.5) is 0 Å². The number of nitrogens with zero attached hydrogens (tertiary/aromatic N) is 4. The molecule has 0 bridgehead atoms. The van der Waals surface area contributed by atoms with Gasteiger partial charge in [0.25, 0.3) is 0 Å². The Labute approximate surface area is 155 Å². The number of nitrogens with one attached hydrogen (secondary N) is 2. The van der Waals surface area contributed by atoms with Gasteiger partial charge in [-0.15, -0.1) is 24.0 Å². The molecule has 1 aromatic heterocycles.